The first-order valence-corrected chi connectivity index (χ1v) is 12.6. The molecule has 0 aliphatic carbocycles. The Kier molecular flexibility index (Phi) is 7.20. The SMILES string of the molecule is CCOC(=O)c1cc(-c2cc(-c3ncc(CN4CCN(C(C)C)CC4)o3)c3cn[nH]c3c2)cnc1OC. The van der Waals surface area contributed by atoms with Crippen LogP contribution in [0.5, 0.6) is 5.88 Å². The van der Waals surface area contributed by atoms with Crippen molar-refractivity contribution >= 4 is 16.9 Å². The molecule has 194 valence electrons. The third kappa shape index (κ3) is 5.21. The molecule has 0 atom stereocenters. The van der Waals surface area contributed by atoms with E-state index in [1.54, 1.807) is 31.6 Å². The van der Waals surface area contributed by atoms with Crippen LogP contribution in [-0.4, -0.2) is 81.9 Å². The van der Waals surface area contributed by atoms with E-state index in [4.69, 9.17) is 13.9 Å². The van der Waals surface area contributed by atoms with Crippen LogP contribution in [0.25, 0.3) is 33.5 Å². The number of carbonyl (C=O) groups excluding carboxylic acids is 1. The van der Waals surface area contributed by atoms with E-state index in [9.17, 15) is 4.79 Å². The van der Waals surface area contributed by atoms with Crippen LogP contribution < -0.4 is 4.74 Å². The van der Waals surface area contributed by atoms with Crippen molar-refractivity contribution < 1.29 is 18.7 Å². The summed E-state index contributed by atoms with van der Waals surface area (Å²) in [4.78, 5) is 26.3. The summed E-state index contributed by atoms with van der Waals surface area (Å²) < 4.78 is 16.7. The van der Waals surface area contributed by atoms with Gasteiger partial charge in [-0.05, 0) is 44.5 Å². The van der Waals surface area contributed by atoms with Crippen molar-refractivity contribution in [1.82, 2.24) is 30.0 Å². The zero-order valence-corrected chi connectivity index (χ0v) is 21.7. The summed E-state index contributed by atoms with van der Waals surface area (Å²) in [5.41, 5.74) is 3.47. The maximum atomic E-state index is 12.5. The Morgan fingerprint density at radius 2 is 1.89 bits per heavy atom. The lowest BCUT2D eigenvalue weighted by Crippen LogP contribution is -2.48. The summed E-state index contributed by atoms with van der Waals surface area (Å²) >= 11 is 0. The summed E-state index contributed by atoms with van der Waals surface area (Å²) in [7, 11) is 1.48. The molecular formula is C27H32N6O4. The topological polar surface area (TPSA) is 110 Å². The van der Waals surface area contributed by atoms with Gasteiger partial charge in [0.15, 0.2) is 0 Å². The Bertz CT molecular complexity index is 1390. The van der Waals surface area contributed by atoms with E-state index >= 15 is 0 Å². The van der Waals surface area contributed by atoms with Gasteiger partial charge < -0.3 is 13.9 Å². The molecule has 5 rings (SSSR count). The monoisotopic (exact) mass is 504 g/mol. The number of aromatic amines is 1. The maximum Gasteiger partial charge on any atom is 0.343 e. The fourth-order valence-electron chi connectivity index (χ4n) is 4.69. The molecule has 0 spiro atoms. The number of nitrogens with one attached hydrogen (secondary N) is 1. The number of pyridine rings is 1. The molecule has 1 saturated heterocycles. The number of piperazine rings is 1. The van der Waals surface area contributed by atoms with E-state index in [1.165, 1.54) is 7.11 Å². The van der Waals surface area contributed by atoms with Gasteiger partial charge in [-0.15, -0.1) is 0 Å². The number of methoxy groups -OCH3 is 1. The number of esters is 1. The summed E-state index contributed by atoms with van der Waals surface area (Å²) in [5, 5.41) is 8.16. The number of benzene rings is 1. The lowest BCUT2D eigenvalue weighted by Gasteiger charge is -2.36. The summed E-state index contributed by atoms with van der Waals surface area (Å²) in [6.45, 7) is 11.3. The largest absolute Gasteiger partial charge is 0.480 e. The second kappa shape index (κ2) is 10.7. The van der Waals surface area contributed by atoms with Gasteiger partial charge in [0.05, 0.1) is 38.2 Å². The number of hydrogen-bond acceptors (Lipinski definition) is 9. The van der Waals surface area contributed by atoms with Crippen molar-refractivity contribution in [2.45, 2.75) is 33.4 Å². The third-order valence-corrected chi connectivity index (χ3v) is 6.73. The van der Waals surface area contributed by atoms with Crippen LogP contribution in [-0.2, 0) is 11.3 Å². The molecule has 1 N–H and O–H groups in total. The Hall–Kier alpha value is -3.76. The molecular weight excluding hydrogens is 472 g/mol. The molecule has 37 heavy (non-hydrogen) atoms. The summed E-state index contributed by atoms with van der Waals surface area (Å²) in [5.74, 6) is 1.08. The number of H-pyrrole nitrogens is 1. The minimum Gasteiger partial charge on any atom is -0.480 e. The molecule has 1 aliphatic heterocycles. The molecule has 0 unspecified atom stereocenters. The molecule has 4 heterocycles. The molecule has 0 amide bonds. The van der Waals surface area contributed by atoms with Crippen LogP contribution in [0.15, 0.2) is 41.2 Å². The minimum absolute atomic E-state index is 0.219. The Morgan fingerprint density at radius 3 is 2.62 bits per heavy atom. The number of nitrogens with zero attached hydrogens (tertiary/aromatic N) is 5. The quantitative estimate of drug-likeness (QED) is 0.356. The summed E-state index contributed by atoms with van der Waals surface area (Å²) in [6, 6.07) is 6.23. The normalized spacial score (nSPS) is 14.9. The molecule has 10 nitrogen and oxygen atoms in total. The molecule has 1 aromatic carbocycles. The Morgan fingerprint density at radius 1 is 1.08 bits per heavy atom. The second-order valence-electron chi connectivity index (χ2n) is 9.39. The first-order valence-electron chi connectivity index (χ1n) is 12.6. The molecule has 4 aromatic rings. The third-order valence-electron chi connectivity index (χ3n) is 6.73. The lowest BCUT2D eigenvalue weighted by molar-refractivity contribution is 0.0522. The predicted octanol–water partition coefficient (Wildman–Crippen LogP) is 3.99. The number of carbonyl (C=O) groups is 1. The molecule has 0 radical (unpaired) electrons. The zero-order chi connectivity index (χ0) is 25.9. The highest BCUT2D eigenvalue weighted by molar-refractivity contribution is 5.97. The molecule has 3 aromatic heterocycles. The van der Waals surface area contributed by atoms with Gasteiger partial charge in [0.25, 0.3) is 0 Å². The van der Waals surface area contributed by atoms with E-state index in [2.05, 4.69) is 43.8 Å². The summed E-state index contributed by atoms with van der Waals surface area (Å²) in [6.07, 6.45) is 5.23. The number of fused-ring (bicyclic) bond motifs is 1. The van der Waals surface area contributed by atoms with Gasteiger partial charge in [0.1, 0.15) is 11.3 Å². The van der Waals surface area contributed by atoms with Crippen LogP contribution in [0.1, 0.15) is 36.9 Å². The highest BCUT2D eigenvalue weighted by Gasteiger charge is 2.22. The zero-order valence-electron chi connectivity index (χ0n) is 21.7. The number of rotatable bonds is 8. The van der Waals surface area contributed by atoms with Crippen LogP contribution in [0, 0.1) is 0 Å². The van der Waals surface area contributed by atoms with Crippen LogP contribution in [0.3, 0.4) is 0 Å². The van der Waals surface area contributed by atoms with Gasteiger partial charge in [-0.25, -0.2) is 14.8 Å². The van der Waals surface area contributed by atoms with Crippen molar-refractivity contribution in [1.29, 1.82) is 0 Å². The van der Waals surface area contributed by atoms with Gasteiger partial charge in [0.2, 0.25) is 11.8 Å². The van der Waals surface area contributed by atoms with E-state index in [0.717, 1.165) is 66.1 Å². The highest BCUT2D eigenvalue weighted by Crippen LogP contribution is 2.34. The number of ether oxygens (including phenoxy) is 2. The first kappa shape index (κ1) is 24.9. The van der Waals surface area contributed by atoms with Crippen LogP contribution in [0.4, 0.5) is 0 Å². The number of aromatic nitrogens is 4. The number of oxazole rings is 1. The second-order valence-corrected chi connectivity index (χ2v) is 9.39. The van der Waals surface area contributed by atoms with Gasteiger partial charge in [-0.3, -0.25) is 14.9 Å². The molecule has 0 saturated carbocycles. The van der Waals surface area contributed by atoms with Crippen LogP contribution in [0.2, 0.25) is 0 Å². The van der Waals surface area contributed by atoms with E-state index in [0.29, 0.717) is 11.9 Å². The maximum absolute atomic E-state index is 12.5. The van der Waals surface area contributed by atoms with Crippen molar-refractivity contribution in [2.24, 2.45) is 0 Å². The van der Waals surface area contributed by atoms with E-state index in [1.807, 2.05) is 12.1 Å². The van der Waals surface area contributed by atoms with Gasteiger partial charge in [-0.1, -0.05) is 0 Å². The van der Waals surface area contributed by atoms with Crippen molar-refractivity contribution in [2.75, 3.05) is 39.9 Å². The van der Waals surface area contributed by atoms with Gasteiger partial charge >= 0.3 is 5.97 Å². The fourth-order valence-corrected chi connectivity index (χ4v) is 4.69. The minimum atomic E-state index is -0.483. The average Bonchev–Trinajstić information content (AvgIpc) is 3.58. The predicted molar refractivity (Wildman–Crippen MR) is 139 cm³/mol. The number of hydrogen-bond donors (Lipinski definition) is 1. The highest BCUT2D eigenvalue weighted by atomic mass is 16.5. The molecule has 10 heteroatoms. The Balaban J connectivity index is 1.44. The van der Waals surface area contributed by atoms with E-state index in [-0.39, 0.29) is 18.1 Å². The van der Waals surface area contributed by atoms with E-state index < -0.39 is 5.97 Å². The molecule has 0 bridgehead atoms. The van der Waals surface area contributed by atoms with Crippen molar-refractivity contribution in [3.05, 3.63) is 48.1 Å². The standard InChI is InChI=1S/C27H32N6O4/c1-5-36-27(34)22-11-19(13-28-25(22)35-4)18-10-21(23-15-30-31-24(23)12-18)26-29-14-20(37-26)16-32-6-8-33(9-7-32)17(2)3/h10-15,17H,5-9,16H2,1-4H3,(H,30,31). The smallest absolute Gasteiger partial charge is 0.343 e. The van der Waals surface area contributed by atoms with Crippen molar-refractivity contribution in [3.8, 4) is 28.5 Å². The first-order chi connectivity index (χ1) is 18.0. The van der Waals surface area contributed by atoms with Gasteiger partial charge in [-0.2, -0.15) is 5.10 Å². The molecule has 1 aliphatic rings. The van der Waals surface area contributed by atoms with Gasteiger partial charge in [0, 0.05) is 54.9 Å². The van der Waals surface area contributed by atoms with Crippen molar-refractivity contribution in [3.63, 3.8) is 0 Å². The lowest BCUT2D eigenvalue weighted by atomic mass is 10.00. The average molecular weight is 505 g/mol. The fraction of sp³-hybridized carbons (Fsp3) is 0.407. The Labute approximate surface area is 215 Å². The molecule has 1 fully saturated rings. The van der Waals surface area contributed by atoms with Crippen LogP contribution >= 0.6 is 0 Å².